The van der Waals surface area contributed by atoms with Crippen molar-refractivity contribution >= 4 is 21.6 Å². The first-order valence-corrected chi connectivity index (χ1v) is 6.59. The summed E-state index contributed by atoms with van der Waals surface area (Å²) in [5.41, 5.74) is 8.10. The van der Waals surface area contributed by atoms with Crippen molar-refractivity contribution < 1.29 is 0 Å². The molecule has 7 heteroatoms. The number of para-hydroxylation sites is 1. The minimum Gasteiger partial charge on any atom is -0.398 e. The van der Waals surface area contributed by atoms with Gasteiger partial charge in [0.05, 0.1) is 12.5 Å². The third-order valence-electron chi connectivity index (χ3n) is 2.85. The molecule has 0 unspecified atom stereocenters. The van der Waals surface area contributed by atoms with Crippen molar-refractivity contribution in [1.29, 1.82) is 0 Å². The molecule has 0 bridgehead atoms. The first-order valence-electron chi connectivity index (χ1n) is 5.80. The fraction of sp³-hybridized carbons (Fsp3) is 0. The van der Waals surface area contributed by atoms with Crippen molar-refractivity contribution in [3.05, 3.63) is 57.8 Å². The molecule has 100 valence electrons. The van der Waals surface area contributed by atoms with Gasteiger partial charge in [0.1, 0.15) is 4.47 Å². The molecule has 20 heavy (non-hydrogen) atoms. The van der Waals surface area contributed by atoms with E-state index in [4.69, 9.17) is 5.73 Å². The minimum atomic E-state index is -0.258. The Morgan fingerprint density at radius 2 is 2.10 bits per heavy atom. The van der Waals surface area contributed by atoms with Crippen molar-refractivity contribution in [2.24, 2.45) is 0 Å². The van der Waals surface area contributed by atoms with E-state index < -0.39 is 0 Å². The van der Waals surface area contributed by atoms with Crippen molar-refractivity contribution in [1.82, 2.24) is 19.7 Å². The largest absolute Gasteiger partial charge is 0.398 e. The van der Waals surface area contributed by atoms with Crippen molar-refractivity contribution in [3.8, 4) is 16.9 Å². The lowest BCUT2D eigenvalue weighted by Crippen LogP contribution is -2.12. The SMILES string of the molecule is Nc1ccccc1-c1cnn(-c2nc[nH]c(=O)c2Br)c1. The Balaban J connectivity index is 2.09. The number of aromatic nitrogens is 4. The molecule has 2 aromatic heterocycles. The second-order valence-corrected chi connectivity index (χ2v) is 4.92. The summed E-state index contributed by atoms with van der Waals surface area (Å²) in [6, 6.07) is 7.52. The van der Waals surface area contributed by atoms with Crippen LogP contribution in [-0.4, -0.2) is 19.7 Å². The molecule has 0 aliphatic heterocycles. The molecule has 3 N–H and O–H groups in total. The Bertz CT molecular complexity index is 823. The summed E-state index contributed by atoms with van der Waals surface area (Å²) < 4.78 is 1.86. The van der Waals surface area contributed by atoms with Crippen LogP contribution in [0, 0.1) is 0 Å². The standard InChI is InChI=1S/C13H10BrN5O/c14-11-12(16-7-17-13(11)20)19-6-8(5-18-19)9-3-1-2-4-10(9)15/h1-7H,15H2,(H,16,17,20). The van der Waals surface area contributed by atoms with Crippen LogP contribution in [0.2, 0.25) is 0 Å². The van der Waals surface area contributed by atoms with Crippen LogP contribution in [0.25, 0.3) is 16.9 Å². The van der Waals surface area contributed by atoms with Gasteiger partial charge in [-0.3, -0.25) is 4.79 Å². The summed E-state index contributed by atoms with van der Waals surface area (Å²) in [7, 11) is 0. The summed E-state index contributed by atoms with van der Waals surface area (Å²) in [6.07, 6.45) is 4.79. The molecule has 0 atom stereocenters. The van der Waals surface area contributed by atoms with E-state index >= 15 is 0 Å². The Morgan fingerprint density at radius 1 is 1.30 bits per heavy atom. The van der Waals surface area contributed by atoms with Crippen LogP contribution in [0.15, 0.2) is 52.3 Å². The molecule has 0 aliphatic carbocycles. The highest BCUT2D eigenvalue weighted by atomic mass is 79.9. The average molecular weight is 332 g/mol. The summed E-state index contributed by atoms with van der Waals surface area (Å²) in [5.74, 6) is 0.425. The highest BCUT2D eigenvalue weighted by Crippen LogP contribution is 2.25. The monoisotopic (exact) mass is 331 g/mol. The van der Waals surface area contributed by atoms with Crippen LogP contribution in [-0.2, 0) is 0 Å². The molecule has 1 aromatic carbocycles. The molecule has 6 nitrogen and oxygen atoms in total. The Morgan fingerprint density at radius 3 is 2.90 bits per heavy atom. The maximum absolute atomic E-state index is 11.5. The summed E-state index contributed by atoms with van der Waals surface area (Å²) >= 11 is 3.21. The smallest absolute Gasteiger partial charge is 0.267 e. The van der Waals surface area contributed by atoms with Gasteiger partial charge in [0.25, 0.3) is 5.56 Å². The molecule has 3 aromatic rings. The topological polar surface area (TPSA) is 89.6 Å². The number of aromatic amines is 1. The van der Waals surface area contributed by atoms with E-state index in [2.05, 4.69) is 31.0 Å². The third kappa shape index (κ3) is 2.12. The van der Waals surface area contributed by atoms with E-state index in [1.54, 1.807) is 12.4 Å². The molecule has 0 spiro atoms. The zero-order valence-corrected chi connectivity index (χ0v) is 11.8. The Labute approximate surface area is 122 Å². The fourth-order valence-electron chi connectivity index (χ4n) is 1.87. The number of rotatable bonds is 2. The first-order chi connectivity index (χ1) is 9.66. The van der Waals surface area contributed by atoms with E-state index in [-0.39, 0.29) is 5.56 Å². The van der Waals surface area contributed by atoms with Gasteiger partial charge < -0.3 is 10.7 Å². The molecule has 0 amide bonds. The predicted octanol–water partition coefficient (Wildman–Crippen LogP) is 1.97. The van der Waals surface area contributed by atoms with Crippen LogP contribution in [0.4, 0.5) is 5.69 Å². The van der Waals surface area contributed by atoms with Crippen LogP contribution in [0.1, 0.15) is 0 Å². The van der Waals surface area contributed by atoms with E-state index in [1.807, 2.05) is 24.3 Å². The van der Waals surface area contributed by atoms with Crippen LogP contribution in [0.3, 0.4) is 0 Å². The number of H-pyrrole nitrogens is 1. The van der Waals surface area contributed by atoms with Crippen molar-refractivity contribution in [2.75, 3.05) is 5.73 Å². The Hall–Kier alpha value is -2.41. The van der Waals surface area contributed by atoms with E-state index in [1.165, 1.54) is 11.0 Å². The quantitative estimate of drug-likeness (QED) is 0.702. The number of hydrogen-bond acceptors (Lipinski definition) is 4. The number of anilines is 1. The first kappa shape index (κ1) is 12.6. The number of nitrogen functional groups attached to an aromatic ring is 1. The maximum atomic E-state index is 11.5. The molecular weight excluding hydrogens is 322 g/mol. The summed E-state index contributed by atoms with van der Waals surface area (Å²) in [5, 5.41) is 4.22. The average Bonchev–Trinajstić information content (AvgIpc) is 2.92. The lowest BCUT2D eigenvalue weighted by Gasteiger charge is -2.02. The highest BCUT2D eigenvalue weighted by Gasteiger charge is 2.11. The van der Waals surface area contributed by atoms with Crippen LogP contribution >= 0.6 is 15.9 Å². The van der Waals surface area contributed by atoms with Gasteiger partial charge in [-0.05, 0) is 22.0 Å². The highest BCUT2D eigenvalue weighted by molar-refractivity contribution is 9.10. The van der Waals surface area contributed by atoms with E-state index in [0.717, 1.165) is 11.1 Å². The number of nitrogens with two attached hydrogens (primary N) is 1. The second-order valence-electron chi connectivity index (χ2n) is 4.13. The zero-order valence-electron chi connectivity index (χ0n) is 10.2. The summed E-state index contributed by atoms with van der Waals surface area (Å²) in [6.45, 7) is 0. The van der Waals surface area contributed by atoms with Crippen molar-refractivity contribution in [3.63, 3.8) is 0 Å². The number of hydrogen-bond donors (Lipinski definition) is 2. The van der Waals surface area contributed by atoms with Gasteiger partial charge in [-0.1, -0.05) is 18.2 Å². The fourth-order valence-corrected chi connectivity index (χ4v) is 2.27. The maximum Gasteiger partial charge on any atom is 0.267 e. The molecule has 0 aliphatic rings. The predicted molar refractivity (Wildman–Crippen MR) is 79.5 cm³/mol. The lowest BCUT2D eigenvalue weighted by molar-refractivity contribution is 0.828. The summed E-state index contributed by atoms with van der Waals surface area (Å²) in [4.78, 5) is 18.1. The zero-order chi connectivity index (χ0) is 14.1. The lowest BCUT2D eigenvalue weighted by atomic mass is 10.1. The normalized spacial score (nSPS) is 10.7. The number of benzene rings is 1. The van der Waals surface area contributed by atoms with E-state index in [0.29, 0.717) is 16.0 Å². The van der Waals surface area contributed by atoms with Gasteiger partial charge in [-0.15, -0.1) is 0 Å². The Kier molecular flexibility index (Phi) is 3.11. The molecule has 0 fully saturated rings. The number of nitrogens with one attached hydrogen (secondary N) is 1. The van der Waals surface area contributed by atoms with Gasteiger partial charge in [0, 0.05) is 23.0 Å². The minimum absolute atomic E-state index is 0.258. The number of nitrogens with zero attached hydrogens (tertiary/aromatic N) is 3. The van der Waals surface area contributed by atoms with Gasteiger partial charge in [0.15, 0.2) is 5.82 Å². The molecule has 0 saturated carbocycles. The molecular formula is C13H10BrN5O. The van der Waals surface area contributed by atoms with Gasteiger partial charge >= 0.3 is 0 Å². The van der Waals surface area contributed by atoms with Gasteiger partial charge in [0.2, 0.25) is 0 Å². The molecule has 0 radical (unpaired) electrons. The van der Waals surface area contributed by atoms with Crippen molar-refractivity contribution in [2.45, 2.75) is 0 Å². The number of halogens is 1. The second kappa shape index (κ2) is 4.93. The van der Waals surface area contributed by atoms with Crippen LogP contribution in [0.5, 0.6) is 0 Å². The third-order valence-corrected chi connectivity index (χ3v) is 3.56. The van der Waals surface area contributed by atoms with Gasteiger partial charge in [-0.2, -0.15) is 5.10 Å². The van der Waals surface area contributed by atoms with E-state index in [9.17, 15) is 4.79 Å². The molecule has 0 saturated heterocycles. The molecule has 2 heterocycles. The van der Waals surface area contributed by atoms with Crippen LogP contribution < -0.4 is 11.3 Å². The molecule has 3 rings (SSSR count). The van der Waals surface area contributed by atoms with Gasteiger partial charge in [-0.25, -0.2) is 9.67 Å².